The van der Waals surface area contributed by atoms with E-state index in [1.54, 1.807) is 11.9 Å². The number of likely N-dealkylation sites (tertiary alicyclic amines) is 1. The lowest BCUT2D eigenvalue weighted by molar-refractivity contribution is -0.131. The van der Waals surface area contributed by atoms with E-state index in [-0.39, 0.29) is 30.9 Å². The predicted molar refractivity (Wildman–Crippen MR) is 66.2 cm³/mol. The highest BCUT2D eigenvalue weighted by molar-refractivity contribution is 6.01. The smallest absolute Gasteiger partial charge is 0.326 e. The Kier molecular flexibility index (Phi) is 4.04. The van der Waals surface area contributed by atoms with Gasteiger partial charge in [0.15, 0.2) is 0 Å². The molecule has 2 aliphatic rings. The molecule has 0 unspecified atom stereocenters. The fourth-order valence-corrected chi connectivity index (χ4v) is 2.40. The standard InChI is InChI=1S/C12H19N3O4/c1-13-8-11(18)15(12(13)19)5-2-3-10(17)14-6-4-9(16)7-14/h9,16H,2-8H2,1H3/t9-/m1/s1. The number of hydrogen-bond acceptors (Lipinski definition) is 4. The molecule has 0 aliphatic carbocycles. The minimum absolute atomic E-state index is 0.0241. The first-order valence-electron chi connectivity index (χ1n) is 6.50. The molecule has 2 saturated heterocycles. The molecule has 4 amide bonds. The van der Waals surface area contributed by atoms with Crippen LogP contribution >= 0.6 is 0 Å². The van der Waals surface area contributed by atoms with Crippen molar-refractivity contribution in [3.05, 3.63) is 0 Å². The molecule has 7 nitrogen and oxygen atoms in total. The minimum Gasteiger partial charge on any atom is -0.391 e. The van der Waals surface area contributed by atoms with Crippen molar-refractivity contribution >= 4 is 17.8 Å². The van der Waals surface area contributed by atoms with Gasteiger partial charge in [0.2, 0.25) is 11.8 Å². The molecule has 1 atom stereocenters. The second-order valence-corrected chi connectivity index (χ2v) is 5.07. The van der Waals surface area contributed by atoms with Crippen molar-refractivity contribution in [2.24, 2.45) is 0 Å². The third-order valence-corrected chi connectivity index (χ3v) is 3.52. The first-order chi connectivity index (χ1) is 8.99. The molecule has 0 bridgehead atoms. The van der Waals surface area contributed by atoms with Gasteiger partial charge in [-0.15, -0.1) is 0 Å². The lowest BCUT2D eigenvalue weighted by atomic mass is 10.2. The fraction of sp³-hybridized carbons (Fsp3) is 0.750. The maximum absolute atomic E-state index is 11.8. The molecular weight excluding hydrogens is 250 g/mol. The van der Waals surface area contributed by atoms with Crippen molar-refractivity contribution in [2.45, 2.75) is 25.4 Å². The number of urea groups is 1. The zero-order valence-electron chi connectivity index (χ0n) is 11.0. The average molecular weight is 269 g/mol. The second-order valence-electron chi connectivity index (χ2n) is 5.07. The normalized spacial score (nSPS) is 23.7. The Hall–Kier alpha value is -1.63. The van der Waals surface area contributed by atoms with Gasteiger partial charge in [0.1, 0.15) is 6.54 Å². The third-order valence-electron chi connectivity index (χ3n) is 3.52. The molecule has 0 aromatic carbocycles. The van der Waals surface area contributed by atoms with Crippen LogP contribution in [0.25, 0.3) is 0 Å². The lowest BCUT2D eigenvalue weighted by Crippen LogP contribution is -2.34. The predicted octanol–water partition coefficient (Wildman–Crippen LogP) is -0.746. The van der Waals surface area contributed by atoms with Gasteiger partial charge < -0.3 is 14.9 Å². The molecule has 19 heavy (non-hydrogen) atoms. The number of aliphatic hydroxyl groups is 1. The van der Waals surface area contributed by atoms with Crippen LogP contribution in [0.4, 0.5) is 4.79 Å². The minimum atomic E-state index is -0.417. The monoisotopic (exact) mass is 269 g/mol. The SMILES string of the molecule is CN1CC(=O)N(CCCC(=O)N2CC[C@@H](O)C2)C1=O. The first-order valence-corrected chi connectivity index (χ1v) is 6.50. The van der Waals surface area contributed by atoms with Crippen molar-refractivity contribution in [1.29, 1.82) is 0 Å². The molecule has 7 heteroatoms. The van der Waals surface area contributed by atoms with E-state index in [0.717, 1.165) is 0 Å². The van der Waals surface area contributed by atoms with Crippen LogP contribution in [0.5, 0.6) is 0 Å². The molecule has 2 heterocycles. The zero-order valence-corrected chi connectivity index (χ0v) is 11.0. The molecule has 0 aromatic heterocycles. The summed E-state index contributed by atoms with van der Waals surface area (Å²) < 4.78 is 0. The number of rotatable bonds is 4. The molecule has 1 N–H and O–H groups in total. The van der Waals surface area contributed by atoms with Crippen LogP contribution < -0.4 is 0 Å². The summed E-state index contributed by atoms with van der Waals surface area (Å²) in [7, 11) is 1.58. The van der Waals surface area contributed by atoms with E-state index in [1.165, 1.54) is 9.80 Å². The quantitative estimate of drug-likeness (QED) is 0.681. The van der Waals surface area contributed by atoms with Gasteiger partial charge in [-0.3, -0.25) is 14.5 Å². The van der Waals surface area contributed by atoms with Crippen LogP contribution in [-0.2, 0) is 9.59 Å². The molecule has 0 saturated carbocycles. The number of carbonyl (C=O) groups excluding carboxylic acids is 3. The highest BCUT2D eigenvalue weighted by Gasteiger charge is 2.33. The Bertz CT molecular complexity index is 398. The molecule has 0 radical (unpaired) electrons. The molecule has 106 valence electrons. The number of nitrogens with zero attached hydrogens (tertiary/aromatic N) is 3. The summed E-state index contributed by atoms with van der Waals surface area (Å²) in [4.78, 5) is 39.1. The Morgan fingerprint density at radius 2 is 2.16 bits per heavy atom. The average Bonchev–Trinajstić information content (AvgIpc) is 2.88. The van der Waals surface area contributed by atoms with Crippen molar-refractivity contribution in [2.75, 3.05) is 33.2 Å². The van der Waals surface area contributed by atoms with E-state index >= 15 is 0 Å². The topological polar surface area (TPSA) is 81.2 Å². The van der Waals surface area contributed by atoms with E-state index in [1.807, 2.05) is 0 Å². The third kappa shape index (κ3) is 3.04. The van der Waals surface area contributed by atoms with E-state index in [0.29, 0.717) is 32.4 Å². The fourth-order valence-electron chi connectivity index (χ4n) is 2.40. The van der Waals surface area contributed by atoms with Gasteiger partial charge in [-0.2, -0.15) is 0 Å². The molecule has 2 fully saturated rings. The Morgan fingerprint density at radius 1 is 1.42 bits per heavy atom. The number of hydrogen-bond donors (Lipinski definition) is 1. The van der Waals surface area contributed by atoms with E-state index in [9.17, 15) is 19.5 Å². The number of aliphatic hydroxyl groups excluding tert-OH is 1. The largest absolute Gasteiger partial charge is 0.391 e. The van der Waals surface area contributed by atoms with Crippen molar-refractivity contribution in [3.8, 4) is 0 Å². The van der Waals surface area contributed by atoms with Gasteiger partial charge in [0.25, 0.3) is 0 Å². The number of amides is 4. The molecule has 2 rings (SSSR count). The van der Waals surface area contributed by atoms with Gasteiger partial charge in [-0.1, -0.05) is 0 Å². The summed E-state index contributed by atoms with van der Waals surface area (Å²) in [5.41, 5.74) is 0. The van der Waals surface area contributed by atoms with E-state index in [4.69, 9.17) is 0 Å². The highest BCUT2D eigenvalue weighted by atomic mass is 16.3. The van der Waals surface area contributed by atoms with Crippen LogP contribution in [-0.4, -0.2) is 77.0 Å². The summed E-state index contributed by atoms with van der Waals surface area (Å²) in [5, 5.41) is 9.35. The van der Waals surface area contributed by atoms with Crippen LogP contribution in [0.15, 0.2) is 0 Å². The maximum Gasteiger partial charge on any atom is 0.326 e. The number of imide groups is 1. The van der Waals surface area contributed by atoms with Gasteiger partial charge in [0, 0.05) is 33.1 Å². The Morgan fingerprint density at radius 3 is 2.68 bits per heavy atom. The van der Waals surface area contributed by atoms with Gasteiger partial charge in [0.05, 0.1) is 6.10 Å². The molecule has 2 aliphatic heterocycles. The summed E-state index contributed by atoms with van der Waals surface area (Å²) in [6.07, 6.45) is 0.975. The molecule has 0 aromatic rings. The summed E-state index contributed by atoms with van der Waals surface area (Å²) in [6.45, 7) is 1.38. The summed E-state index contributed by atoms with van der Waals surface area (Å²) >= 11 is 0. The molecular formula is C12H19N3O4. The van der Waals surface area contributed by atoms with Crippen LogP contribution in [0.2, 0.25) is 0 Å². The van der Waals surface area contributed by atoms with E-state index in [2.05, 4.69) is 0 Å². The number of β-amino-alcohol motifs (C(OH)–C–C–N with tert-alkyl or cyclic N) is 1. The zero-order chi connectivity index (χ0) is 14.0. The second kappa shape index (κ2) is 5.56. The molecule has 0 spiro atoms. The van der Waals surface area contributed by atoms with Gasteiger partial charge in [-0.05, 0) is 12.8 Å². The Balaban J connectivity index is 1.73. The summed E-state index contributed by atoms with van der Waals surface area (Å²) in [5.74, 6) is -0.236. The maximum atomic E-state index is 11.8. The van der Waals surface area contributed by atoms with Crippen molar-refractivity contribution < 1.29 is 19.5 Å². The van der Waals surface area contributed by atoms with Crippen molar-refractivity contribution in [1.82, 2.24) is 14.7 Å². The Labute approximate surface area is 111 Å². The number of carbonyl (C=O) groups is 3. The highest BCUT2D eigenvalue weighted by Crippen LogP contribution is 2.13. The lowest BCUT2D eigenvalue weighted by Gasteiger charge is -2.17. The van der Waals surface area contributed by atoms with Gasteiger partial charge in [-0.25, -0.2) is 4.79 Å². The summed E-state index contributed by atoms with van der Waals surface area (Å²) in [6, 6.07) is -0.297. The van der Waals surface area contributed by atoms with Crippen molar-refractivity contribution in [3.63, 3.8) is 0 Å². The van der Waals surface area contributed by atoms with Crippen LogP contribution in [0, 0.1) is 0 Å². The first kappa shape index (κ1) is 13.8. The number of likely N-dealkylation sites (N-methyl/N-ethyl adjacent to an activating group) is 1. The van der Waals surface area contributed by atoms with Gasteiger partial charge >= 0.3 is 6.03 Å². The van der Waals surface area contributed by atoms with Crippen LogP contribution in [0.1, 0.15) is 19.3 Å². The van der Waals surface area contributed by atoms with E-state index < -0.39 is 6.10 Å². The van der Waals surface area contributed by atoms with Crippen LogP contribution in [0.3, 0.4) is 0 Å².